The topological polar surface area (TPSA) is 66.5 Å². The van der Waals surface area contributed by atoms with E-state index >= 15 is 0 Å². The van der Waals surface area contributed by atoms with E-state index < -0.39 is 19.0 Å². The molecular weight excluding hydrogens is 172 g/mol. The predicted molar refractivity (Wildman–Crippen MR) is 48.8 cm³/mol. The van der Waals surface area contributed by atoms with Crippen LogP contribution in [0.3, 0.4) is 0 Å². The minimum atomic E-state index is -1.64. The molecule has 0 heterocycles. The first-order chi connectivity index (χ1) is 6.02. The smallest absolute Gasteiger partial charge is 0.423 e. The van der Waals surface area contributed by atoms with E-state index in [1.807, 2.05) is 0 Å². The lowest BCUT2D eigenvalue weighted by Gasteiger charge is -2.08. The molecule has 1 aromatic rings. The molecule has 1 atom stereocenters. The zero-order valence-corrected chi connectivity index (χ0v) is 7.24. The predicted octanol–water partition coefficient (Wildman–Crippen LogP) is -0.475. The minimum absolute atomic E-state index is 0.127. The Labute approximate surface area is 76.1 Å². The van der Waals surface area contributed by atoms with Crippen LogP contribution in [0.15, 0.2) is 18.2 Å². The van der Waals surface area contributed by atoms with Crippen LogP contribution in [-0.4, -0.2) is 17.2 Å². The molecule has 5 heteroatoms. The van der Waals surface area contributed by atoms with Gasteiger partial charge in [0.05, 0.1) is 0 Å². The van der Waals surface area contributed by atoms with Crippen LogP contribution in [0.4, 0.5) is 4.39 Å². The van der Waals surface area contributed by atoms with Crippen molar-refractivity contribution in [2.45, 2.75) is 13.0 Å². The normalized spacial score (nSPS) is 12.7. The summed E-state index contributed by atoms with van der Waals surface area (Å²) in [5, 5.41) is 17.5. The van der Waals surface area contributed by atoms with Gasteiger partial charge in [0.15, 0.2) is 0 Å². The molecule has 4 N–H and O–H groups in total. The number of rotatable bonds is 2. The Bertz CT molecular complexity index is 304. The van der Waals surface area contributed by atoms with E-state index in [0.717, 1.165) is 6.07 Å². The molecule has 13 heavy (non-hydrogen) atoms. The summed E-state index contributed by atoms with van der Waals surface area (Å²) in [7, 11) is -1.64. The average Bonchev–Trinajstić information content (AvgIpc) is 2.03. The van der Waals surface area contributed by atoms with E-state index in [4.69, 9.17) is 15.8 Å². The molecule has 0 aliphatic heterocycles. The first-order valence-electron chi connectivity index (χ1n) is 3.93. The monoisotopic (exact) mass is 183 g/mol. The van der Waals surface area contributed by atoms with Crippen molar-refractivity contribution in [3.63, 3.8) is 0 Å². The second-order valence-electron chi connectivity index (χ2n) is 2.94. The summed E-state index contributed by atoms with van der Waals surface area (Å²) in [5.74, 6) is -0.513. The molecule has 1 unspecified atom stereocenters. The SMILES string of the molecule is CC(N)c1ccc(B(O)O)cc1F. The van der Waals surface area contributed by atoms with Crippen molar-refractivity contribution >= 4 is 12.6 Å². The molecule has 0 amide bonds. The molecule has 0 aliphatic rings. The third-order valence-corrected chi connectivity index (χ3v) is 1.81. The molecule has 1 rings (SSSR count). The molecule has 0 bridgehead atoms. The second kappa shape index (κ2) is 3.87. The van der Waals surface area contributed by atoms with Crippen LogP contribution in [-0.2, 0) is 0 Å². The lowest BCUT2D eigenvalue weighted by Crippen LogP contribution is -2.30. The fourth-order valence-corrected chi connectivity index (χ4v) is 1.07. The molecule has 0 fully saturated rings. The van der Waals surface area contributed by atoms with Gasteiger partial charge in [0.25, 0.3) is 0 Å². The largest absolute Gasteiger partial charge is 0.488 e. The van der Waals surface area contributed by atoms with E-state index in [0.29, 0.717) is 5.56 Å². The minimum Gasteiger partial charge on any atom is -0.423 e. The third-order valence-electron chi connectivity index (χ3n) is 1.81. The van der Waals surface area contributed by atoms with Gasteiger partial charge in [0, 0.05) is 11.6 Å². The van der Waals surface area contributed by atoms with Gasteiger partial charge >= 0.3 is 7.12 Å². The Morgan fingerprint density at radius 3 is 2.46 bits per heavy atom. The summed E-state index contributed by atoms with van der Waals surface area (Å²) in [5.41, 5.74) is 5.97. The number of hydrogen-bond donors (Lipinski definition) is 3. The van der Waals surface area contributed by atoms with Crippen molar-refractivity contribution in [3.05, 3.63) is 29.6 Å². The number of benzene rings is 1. The molecular formula is C8H11BFNO2. The summed E-state index contributed by atoms with van der Waals surface area (Å²) in [6.45, 7) is 1.66. The van der Waals surface area contributed by atoms with Crippen molar-refractivity contribution in [1.82, 2.24) is 0 Å². The first-order valence-corrected chi connectivity index (χ1v) is 3.93. The maximum absolute atomic E-state index is 13.2. The first kappa shape index (κ1) is 10.2. The van der Waals surface area contributed by atoms with Gasteiger partial charge < -0.3 is 15.8 Å². The van der Waals surface area contributed by atoms with Gasteiger partial charge in [-0.15, -0.1) is 0 Å². The van der Waals surface area contributed by atoms with E-state index in [2.05, 4.69) is 0 Å². The van der Waals surface area contributed by atoms with Crippen LogP contribution >= 0.6 is 0 Å². The zero-order valence-electron chi connectivity index (χ0n) is 7.24. The highest BCUT2D eigenvalue weighted by Gasteiger charge is 2.14. The fraction of sp³-hybridized carbons (Fsp3) is 0.250. The summed E-state index contributed by atoms with van der Waals surface area (Å²) in [6.07, 6.45) is 0. The molecule has 0 radical (unpaired) electrons. The van der Waals surface area contributed by atoms with E-state index in [-0.39, 0.29) is 5.46 Å². The molecule has 0 aliphatic carbocycles. The van der Waals surface area contributed by atoms with Gasteiger partial charge in [-0.1, -0.05) is 12.1 Å². The van der Waals surface area contributed by atoms with Crippen LogP contribution in [0.5, 0.6) is 0 Å². The summed E-state index contributed by atoms with van der Waals surface area (Å²) in [4.78, 5) is 0. The fourth-order valence-electron chi connectivity index (χ4n) is 1.07. The highest BCUT2D eigenvalue weighted by molar-refractivity contribution is 6.58. The van der Waals surface area contributed by atoms with Gasteiger partial charge in [0.2, 0.25) is 0 Å². The van der Waals surface area contributed by atoms with Crippen molar-refractivity contribution in [1.29, 1.82) is 0 Å². The van der Waals surface area contributed by atoms with Crippen LogP contribution in [0.25, 0.3) is 0 Å². The molecule has 3 nitrogen and oxygen atoms in total. The van der Waals surface area contributed by atoms with E-state index in [9.17, 15) is 4.39 Å². The number of halogens is 1. The Morgan fingerprint density at radius 1 is 1.46 bits per heavy atom. The summed E-state index contributed by atoms with van der Waals surface area (Å²) in [6, 6.07) is 3.56. The molecule has 0 saturated carbocycles. The quantitative estimate of drug-likeness (QED) is 0.542. The van der Waals surface area contributed by atoms with Crippen LogP contribution in [0.2, 0.25) is 0 Å². The Balaban J connectivity index is 3.06. The maximum Gasteiger partial charge on any atom is 0.488 e. The molecule has 0 aromatic heterocycles. The Hall–Kier alpha value is -0.905. The highest BCUT2D eigenvalue weighted by Crippen LogP contribution is 2.12. The van der Waals surface area contributed by atoms with Crippen molar-refractivity contribution in [3.8, 4) is 0 Å². The standard InChI is InChI=1S/C8H11BFNO2/c1-5(11)7-3-2-6(9(12)13)4-8(7)10/h2-5,12-13H,11H2,1H3. The van der Waals surface area contributed by atoms with Crippen molar-refractivity contribution in [2.24, 2.45) is 5.73 Å². The molecule has 1 aromatic carbocycles. The Morgan fingerprint density at radius 2 is 2.08 bits per heavy atom. The molecule has 70 valence electrons. The Kier molecular flexibility index (Phi) is 3.03. The zero-order chi connectivity index (χ0) is 10.0. The second-order valence-corrected chi connectivity index (χ2v) is 2.94. The van der Waals surface area contributed by atoms with Crippen molar-refractivity contribution in [2.75, 3.05) is 0 Å². The number of nitrogens with two attached hydrogens (primary N) is 1. The van der Waals surface area contributed by atoms with Gasteiger partial charge in [-0.3, -0.25) is 0 Å². The highest BCUT2D eigenvalue weighted by atomic mass is 19.1. The van der Waals surface area contributed by atoms with Gasteiger partial charge in [0.1, 0.15) is 5.82 Å². The summed E-state index contributed by atoms with van der Waals surface area (Å²) < 4.78 is 13.2. The van der Waals surface area contributed by atoms with Crippen molar-refractivity contribution < 1.29 is 14.4 Å². The van der Waals surface area contributed by atoms with Gasteiger partial charge in [-0.05, 0) is 18.5 Å². The van der Waals surface area contributed by atoms with E-state index in [1.54, 1.807) is 6.92 Å². The van der Waals surface area contributed by atoms with Gasteiger partial charge in [-0.2, -0.15) is 0 Å². The lowest BCUT2D eigenvalue weighted by molar-refractivity contribution is 0.425. The molecule has 0 spiro atoms. The summed E-state index contributed by atoms with van der Waals surface area (Å²) >= 11 is 0. The maximum atomic E-state index is 13.2. The van der Waals surface area contributed by atoms with Gasteiger partial charge in [-0.25, -0.2) is 4.39 Å². The van der Waals surface area contributed by atoms with Crippen LogP contribution < -0.4 is 11.2 Å². The third kappa shape index (κ3) is 2.27. The number of hydrogen-bond acceptors (Lipinski definition) is 3. The van der Waals surface area contributed by atoms with E-state index in [1.165, 1.54) is 12.1 Å². The lowest BCUT2D eigenvalue weighted by atomic mass is 9.79. The molecule has 0 saturated heterocycles. The van der Waals surface area contributed by atoms with Crippen LogP contribution in [0, 0.1) is 5.82 Å². The van der Waals surface area contributed by atoms with Crippen LogP contribution in [0.1, 0.15) is 18.5 Å². The average molecular weight is 183 g/mol.